The molecule has 0 aliphatic rings. The maximum atomic E-state index is 4.33. The number of rotatable bonds is 3. The lowest BCUT2D eigenvalue weighted by molar-refractivity contribution is 0.509. The first-order valence-corrected chi connectivity index (χ1v) is 5.47. The van der Waals surface area contributed by atoms with Gasteiger partial charge in [-0.05, 0) is 11.8 Å². The predicted molar refractivity (Wildman–Crippen MR) is 63.6 cm³/mol. The van der Waals surface area contributed by atoms with E-state index in [2.05, 4.69) is 41.2 Å². The average Bonchev–Trinajstić information content (AvgIpc) is 2.73. The fraction of sp³-hybridized carbons (Fsp3) is 0.545. The van der Waals surface area contributed by atoms with Crippen LogP contribution in [0.5, 0.6) is 0 Å². The summed E-state index contributed by atoms with van der Waals surface area (Å²) in [5.41, 5.74) is 2.13. The molecule has 16 heavy (non-hydrogen) atoms. The van der Waals surface area contributed by atoms with E-state index in [-0.39, 0.29) is 5.41 Å². The SMILES string of the molecule is CCC(C)(C)c1cnn2c(NC)ncnc12. The van der Waals surface area contributed by atoms with Crippen LogP contribution < -0.4 is 5.32 Å². The third-order valence-corrected chi connectivity index (χ3v) is 3.14. The molecule has 0 aliphatic heterocycles. The van der Waals surface area contributed by atoms with Crippen LogP contribution in [0.15, 0.2) is 12.5 Å². The highest BCUT2D eigenvalue weighted by atomic mass is 15.3. The van der Waals surface area contributed by atoms with Crippen molar-refractivity contribution in [3.8, 4) is 0 Å². The van der Waals surface area contributed by atoms with Crippen molar-refractivity contribution in [2.24, 2.45) is 0 Å². The number of anilines is 1. The van der Waals surface area contributed by atoms with Gasteiger partial charge in [-0.3, -0.25) is 0 Å². The molecule has 0 spiro atoms. The van der Waals surface area contributed by atoms with Crippen LogP contribution in [0, 0.1) is 0 Å². The van der Waals surface area contributed by atoms with Gasteiger partial charge in [0.05, 0.1) is 6.20 Å². The molecule has 0 saturated heterocycles. The number of hydrogen-bond donors (Lipinski definition) is 1. The van der Waals surface area contributed by atoms with Crippen molar-refractivity contribution < 1.29 is 0 Å². The standard InChI is InChI=1S/C11H17N5/c1-5-11(2,3)8-6-15-16-9(8)13-7-14-10(16)12-4/h6-7H,5H2,1-4H3,(H,12,13,14). The molecular weight excluding hydrogens is 202 g/mol. The van der Waals surface area contributed by atoms with Crippen LogP contribution in [0.3, 0.4) is 0 Å². The molecule has 0 unspecified atom stereocenters. The van der Waals surface area contributed by atoms with Crippen LogP contribution >= 0.6 is 0 Å². The molecule has 0 atom stereocenters. The van der Waals surface area contributed by atoms with E-state index >= 15 is 0 Å². The van der Waals surface area contributed by atoms with Gasteiger partial charge in [-0.15, -0.1) is 0 Å². The summed E-state index contributed by atoms with van der Waals surface area (Å²) in [6.45, 7) is 6.57. The van der Waals surface area contributed by atoms with E-state index < -0.39 is 0 Å². The first kappa shape index (κ1) is 10.9. The fourth-order valence-electron chi connectivity index (χ4n) is 1.65. The van der Waals surface area contributed by atoms with Gasteiger partial charge in [-0.2, -0.15) is 9.61 Å². The molecule has 0 fully saturated rings. The van der Waals surface area contributed by atoms with Gasteiger partial charge in [0.25, 0.3) is 0 Å². The van der Waals surface area contributed by atoms with E-state index in [4.69, 9.17) is 0 Å². The third-order valence-electron chi connectivity index (χ3n) is 3.14. The van der Waals surface area contributed by atoms with Crippen LogP contribution in [0.4, 0.5) is 5.95 Å². The Morgan fingerprint density at radius 2 is 2.12 bits per heavy atom. The van der Waals surface area contributed by atoms with Crippen LogP contribution in [-0.4, -0.2) is 26.6 Å². The Balaban J connectivity index is 2.66. The molecule has 0 amide bonds. The summed E-state index contributed by atoms with van der Waals surface area (Å²) in [5, 5.41) is 7.33. The van der Waals surface area contributed by atoms with Crippen molar-refractivity contribution >= 4 is 11.6 Å². The first-order chi connectivity index (χ1) is 7.60. The summed E-state index contributed by atoms with van der Waals surface area (Å²) < 4.78 is 1.74. The van der Waals surface area contributed by atoms with Gasteiger partial charge in [-0.25, -0.2) is 9.97 Å². The highest BCUT2D eigenvalue weighted by Gasteiger charge is 2.24. The smallest absolute Gasteiger partial charge is 0.227 e. The van der Waals surface area contributed by atoms with Crippen molar-refractivity contribution in [2.75, 3.05) is 12.4 Å². The molecule has 0 aromatic carbocycles. The summed E-state index contributed by atoms with van der Waals surface area (Å²) >= 11 is 0. The second-order valence-electron chi connectivity index (χ2n) is 4.48. The van der Waals surface area contributed by atoms with Crippen LogP contribution in [0.1, 0.15) is 32.8 Å². The van der Waals surface area contributed by atoms with E-state index in [1.165, 1.54) is 0 Å². The molecule has 2 heterocycles. The zero-order valence-corrected chi connectivity index (χ0v) is 10.2. The van der Waals surface area contributed by atoms with Gasteiger partial charge in [0.2, 0.25) is 5.95 Å². The van der Waals surface area contributed by atoms with Gasteiger partial charge >= 0.3 is 0 Å². The summed E-state index contributed by atoms with van der Waals surface area (Å²) in [4.78, 5) is 8.44. The topological polar surface area (TPSA) is 55.1 Å². The number of nitrogens with one attached hydrogen (secondary N) is 1. The van der Waals surface area contributed by atoms with E-state index in [0.29, 0.717) is 5.95 Å². The zero-order valence-electron chi connectivity index (χ0n) is 10.2. The number of hydrogen-bond acceptors (Lipinski definition) is 4. The van der Waals surface area contributed by atoms with Crippen LogP contribution in [0.25, 0.3) is 5.65 Å². The van der Waals surface area contributed by atoms with E-state index in [1.807, 2.05) is 13.2 Å². The van der Waals surface area contributed by atoms with Crippen molar-refractivity contribution in [3.63, 3.8) is 0 Å². The molecule has 5 nitrogen and oxygen atoms in total. The van der Waals surface area contributed by atoms with E-state index in [1.54, 1.807) is 10.8 Å². The summed E-state index contributed by atoms with van der Waals surface area (Å²) in [6.07, 6.45) is 4.50. The molecule has 2 aromatic heterocycles. The van der Waals surface area contributed by atoms with Gasteiger partial charge in [0, 0.05) is 12.6 Å². The predicted octanol–water partition coefficient (Wildman–Crippen LogP) is 1.85. The first-order valence-electron chi connectivity index (χ1n) is 5.47. The molecule has 0 aliphatic carbocycles. The Morgan fingerprint density at radius 1 is 1.38 bits per heavy atom. The van der Waals surface area contributed by atoms with Crippen molar-refractivity contribution in [1.29, 1.82) is 0 Å². The van der Waals surface area contributed by atoms with Crippen molar-refractivity contribution in [2.45, 2.75) is 32.6 Å². The number of nitrogens with zero attached hydrogens (tertiary/aromatic N) is 4. The maximum Gasteiger partial charge on any atom is 0.227 e. The molecule has 0 radical (unpaired) electrons. The molecule has 0 saturated carbocycles. The number of aromatic nitrogens is 4. The van der Waals surface area contributed by atoms with E-state index in [0.717, 1.165) is 17.6 Å². The largest absolute Gasteiger partial charge is 0.357 e. The molecule has 2 rings (SSSR count). The Hall–Kier alpha value is -1.65. The minimum atomic E-state index is 0.0844. The lowest BCUT2D eigenvalue weighted by atomic mass is 9.84. The Bertz CT molecular complexity index is 500. The zero-order chi connectivity index (χ0) is 11.8. The minimum Gasteiger partial charge on any atom is -0.357 e. The summed E-state index contributed by atoms with van der Waals surface area (Å²) in [5.74, 6) is 0.711. The molecule has 5 heteroatoms. The minimum absolute atomic E-state index is 0.0844. The lowest BCUT2D eigenvalue weighted by Crippen LogP contribution is -2.15. The van der Waals surface area contributed by atoms with Gasteiger partial charge in [0.1, 0.15) is 6.33 Å². The monoisotopic (exact) mass is 219 g/mol. The highest BCUT2D eigenvalue weighted by Crippen LogP contribution is 2.29. The van der Waals surface area contributed by atoms with Crippen molar-refractivity contribution in [1.82, 2.24) is 19.6 Å². The summed E-state index contributed by atoms with van der Waals surface area (Å²) in [7, 11) is 1.83. The second-order valence-corrected chi connectivity index (χ2v) is 4.48. The maximum absolute atomic E-state index is 4.33. The second kappa shape index (κ2) is 3.73. The van der Waals surface area contributed by atoms with Crippen LogP contribution in [-0.2, 0) is 5.41 Å². The summed E-state index contributed by atoms with van der Waals surface area (Å²) in [6, 6.07) is 0. The van der Waals surface area contributed by atoms with E-state index in [9.17, 15) is 0 Å². The Kier molecular flexibility index (Phi) is 2.53. The van der Waals surface area contributed by atoms with Gasteiger partial charge < -0.3 is 5.32 Å². The molecular formula is C11H17N5. The van der Waals surface area contributed by atoms with Crippen LogP contribution in [0.2, 0.25) is 0 Å². The van der Waals surface area contributed by atoms with Gasteiger partial charge in [-0.1, -0.05) is 20.8 Å². The fourth-order valence-corrected chi connectivity index (χ4v) is 1.65. The molecule has 0 bridgehead atoms. The Morgan fingerprint density at radius 3 is 2.75 bits per heavy atom. The molecule has 86 valence electrons. The average molecular weight is 219 g/mol. The van der Waals surface area contributed by atoms with Crippen molar-refractivity contribution in [3.05, 3.63) is 18.1 Å². The molecule has 1 N–H and O–H groups in total. The van der Waals surface area contributed by atoms with Gasteiger partial charge in [0.15, 0.2) is 5.65 Å². The lowest BCUT2D eigenvalue weighted by Gasteiger charge is -2.20. The normalized spacial score (nSPS) is 12.0. The highest BCUT2D eigenvalue weighted by molar-refractivity contribution is 5.52. The number of fused-ring (bicyclic) bond motifs is 1. The third kappa shape index (κ3) is 1.52. The quantitative estimate of drug-likeness (QED) is 0.856. The molecule has 2 aromatic rings. The Labute approximate surface area is 94.9 Å².